The Hall–Kier alpha value is -6.89. The predicted molar refractivity (Wildman–Crippen MR) is 233 cm³/mol. The third kappa shape index (κ3) is 9.94. The second-order valence-electron chi connectivity index (χ2n) is 16.5. The molecule has 6 amide bonds. The summed E-state index contributed by atoms with van der Waals surface area (Å²) in [6.07, 6.45) is -1.41. The first-order valence-corrected chi connectivity index (χ1v) is 21.3. The Kier molecular flexibility index (Phi) is 13.5. The Balaban J connectivity index is 0.966. The average molecular weight is 901 g/mol. The van der Waals surface area contributed by atoms with E-state index in [1.807, 2.05) is 25.8 Å². The van der Waals surface area contributed by atoms with E-state index in [0.29, 0.717) is 62.7 Å². The van der Waals surface area contributed by atoms with Crippen LogP contribution in [0.1, 0.15) is 99.4 Å². The minimum absolute atomic E-state index is 0.0196. The minimum atomic E-state index is -5.00. The molecule has 3 aliphatic rings. The molecule has 19 heteroatoms. The zero-order valence-electron chi connectivity index (χ0n) is 35.9. The molecule has 4 aromatic rings. The topological polar surface area (TPSA) is 193 Å². The number of hydrogen-bond donors (Lipinski definition) is 5. The number of alkyl halides is 3. The van der Waals surface area contributed by atoms with Crippen molar-refractivity contribution in [1.82, 2.24) is 25.4 Å². The molecule has 65 heavy (non-hydrogen) atoms. The van der Waals surface area contributed by atoms with E-state index in [-0.39, 0.29) is 58.4 Å². The first-order valence-electron chi connectivity index (χ1n) is 21.3. The molecule has 0 radical (unpaired) electrons. The number of anilines is 3. The number of fused-ring (bicyclic) bond motifs is 1. The summed E-state index contributed by atoms with van der Waals surface area (Å²) in [6.45, 7) is 5.87. The number of aromatic amines is 1. The number of H-pyrrole nitrogens is 1. The molecule has 0 bridgehead atoms. The van der Waals surface area contributed by atoms with Crippen molar-refractivity contribution < 1.29 is 46.3 Å². The molecule has 0 saturated carbocycles. The van der Waals surface area contributed by atoms with Gasteiger partial charge in [0.25, 0.3) is 23.6 Å². The quantitative estimate of drug-likeness (QED) is 0.0589. The smallest absolute Gasteiger partial charge is 0.384 e. The third-order valence-electron chi connectivity index (χ3n) is 12.1. The number of piperazine rings is 1. The summed E-state index contributed by atoms with van der Waals surface area (Å²) in [6, 6.07) is 12.8. The molecule has 0 spiro atoms. The number of amides is 6. The Morgan fingerprint density at radius 3 is 2.25 bits per heavy atom. The van der Waals surface area contributed by atoms with Crippen LogP contribution < -0.4 is 31.7 Å². The normalized spacial score (nSPS) is 19.0. The standard InChI is InChI=1S/C46H48F4N8O7/c1-25-23-57(24-26(2)56(25)3)36-14-12-27(20-35(36)54-42(62)31-22-53-39(60)21-32(31)46(48,49)50)30-19-28(11-13-33(30)47)41(61)52-18-7-5-4-6-17-51-34-10-8-9-29-40(34)45(65)58(44(29)64)37-15-16-38(59)55-43(37)63/h8-14,19-22,25-26,37,51H,4-7,15-18,23-24H2,1-3H3,(H,52,61)(H,53,60)(H,54,62)(H,55,59,63)/t25-,26+,37?. The number of aromatic nitrogens is 1. The monoisotopic (exact) mass is 900 g/mol. The van der Waals surface area contributed by atoms with Crippen molar-refractivity contribution in [3.05, 3.63) is 111 Å². The van der Waals surface area contributed by atoms with E-state index in [2.05, 4.69) is 31.2 Å². The summed E-state index contributed by atoms with van der Waals surface area (Å²) in [4.78, 5) is 96.3. The van der Waals surface area contributed by atoms with Crippen molar-refractivity contribution in [2.45, 2.75) is 76.7 Å². The van der Waals surface area contributed by atoms with Crippen LogP contribution in [-0.4, -0.2) is 102 Å². The molecule has 2 fully saturated rings. The Labute approximate surface area is 370 Å². The lowest BCUT2D eigenvalue weighted by molar-refractivity contribution is -0.138. The van der Waals surface area contributed by atoms with E-state index in [1.54, 1.807) is 24.3 Å². The lowest BCUT2D eigenvalue weighted by Crippen LogP contribution is -2.55. The molecule has 2 saturated heterocycles. The number of hydrogen-bond acceptors (Lipinski definition) is 10. The minimum Gasteiger partial charge on any atom is -0.384 e. The number of nitrogens with zero attached hydrogens (tertiary/aromatic N) is 3. The van der Waals surface area contributed by atoms with Gasteiger partial charge < -0.3 is 25.8 Å². The van der Waals surface area contributed by atoms with E-state index < -0.39 is 70.2 Å². The fraction of sp³-hybridized carbons (Fsp3) is 0.370. The molecule has 5 N–H and O–H groups in total. The number of likely N-dealkylation sites (N-methyl/N-ethyl adjacent to an activating group) is 1. The van der Waals surface area contributed by atoms with E-state index >= 15 is 4.39 Å². The number of imide groups is 2. The first-order chi connectivity index (χ1) is 30.9. The number of rotatable bonds is 14. The van der Waals surface area contributed by atoms with E-state index in [4.69, 9.17) is 0 Å². The van der Waals surface area contributed by atoms with Gasteiger partial charge in [-0.3, -0.25) is 48.7 Å². The molecular formula is C46H48F4N8O7. The SMILES string of the molecule is C[C@@H]1CN(c2ccc(-c3cc(C(=O)NCCCCCCNc4cccc5c4C(=O)N(C4CCC(=O)NC4=O)C5=O)ccc3F)cc2NC(=O)c2c[nH]c(=O)cc2C(F)(F)F)C[C@H](C)N1C. The highest BCUT2D eigenvalue weighted by Crippen LogP contribution is 2.37. The number of carbonyl (C=O) groups is 6. The lowest BCUT2D eigenvalue weighted by Gasteiger charge is -2.44. The van der Waals surface area contributed by atoms with Crippen LogP contribution in [0.3, 0.4) is 0 Å². The maximum Gasteiger partial charge on any atom is 0.417 e. The van der Waals surface area contributed by atoms with Gasteiger partial charge in [0.1, 0.15) is 11.9 Å². The Morgan fingerprint density at radius 2 is 1.54 bits per heavy atom. The number of unbranched alkanes of at least 4 members (excludes halogenated alkanes) is 3. The van der Waals surface area contributed by atoms with Gasteiger partial charge in [0.2, 0.25) is 17.4 Å². The number of carbonyl (C=O) groups excluding carboxylic acids is 6. The lowest BCUT2D eigenvalue weighted by atomic mass is 9.99. The van der Waals surface area contributed by atoms with Gasteiger partial charge in [-0.1, -0.05) is 25.0 Å². The maximum atomic E-state index is 15.5. The van der Waals surface area contributed by atoms with Gasteiger partial charge in [-0.2, -0.15) is 13.2 Å². The van der Waals surface area contributed by atoms with Crippen LogP contribution in [0, 0.1) is 5.82 Å². The highest BCUT2D eigenvalue weighted by molar-refractivity contribution is 6.25. The Bertz CT molecular complexity index is 2600. The molecule has 3 aliphatic heterocycles. The highest BCUT2D eigenvalue weighted by Gasteiger charge is 2.45. The predicted octanol–water partition coefficient (Wildman–Crippen LogP) is 5.78. The van der Waals surface area contributed by atoms with Gasteiger partial charge in [-0.25, -0.2) is 4.39 Å². The molecule has 0 aliphatic carbocycles. The van der Waals surface area contributed by atoms with Crippen molar-refractivity contribution in [2.24, 2.45) is 0 Å². The van der Waals surface area contributed by atoms with Gasteiger partial charge in [0.15, 0.2) is 0 Å². The van der Waals surface area contributed by atoms with Crippen LogP contribution in [0.15, 0.2) is 71.7 Å². The second kappa shape index (κ2) is 19.1. The number of halogens is 4. The van der Waals surface area contributed by atoms with Gasteiger partial charge in [0, 0.05) is 73.8 Å². The van der Waals surface area contributed by atoms with Gasteiger partial charge in [-0.15, -0.1) is 0 Å². The summed E-state index contributed by atoms with van der Waals surface area (Å²) >= 11 is 0. The van der Waals surface area contributed by atoms with E-state index in [0.717, 1.165) is 23.8 Å². The number of benzene rings is 3. The van der Waals surface area contributed by atoms with Crippen LogP contribution >= 0.6 is 0 Å². The van der Waals surface area contributed by atoms with E-state index in [9.17, 15) is 46.7 Å². The van der Waals surface area contributed by atoms with Crippen LogP contribution in [0.2, 0.25) is 0 Å². The van der Waals surface area contributed by atoms with Crippen LogP contribution in [-0.2, 0) is 15.8 Å². The third-order valence-corrected chi connectivity index (χ3v) is 12.1. The van der Waals surface area contributed by atoms with Gasteiger partial charge in [0.05, 0.1) is 33.6 Å². The first kappa shape index (κ1) is 46.1. The molecule has 15 nitrogen and oxygen atoms in total. The average Bonchev–Trinajstić information content (AvgIpc) is 3.51. The number of piperidine rings is 1. The molecule has 342 valence electrons. The van der Waals surface area contributed by atoms with Crippen LogP contribution in [0.5, 0.6) is 0 Å². The van der Waals surface area contributed by atoms with Crippen LogP contribution in [0.4, 0.5) is 34.6 Å². The maximum absolute atomic E-state index is 15.5. The Morgan fingerprint density at radius 1 is 0.815 bits per heavy atom. The van der Waals surface area contributed by atoms with Crippen molar-refractivity contribution >= 4 is 52.5 Å². The fourth-order valence-electron chi connectivity index (χ4n) is 8.44. The van der Waals surface area contributed by atoms with Crippen molar-refractivity contribution in [2.75, 3.05) is 48.8 Å². The zero-order valence-corrected chi connectivity index (χ0v) is 35.9. The highest BCUT2D eigenvalue weighted by atomic mass is 19.4. The summed E-state index contributed by atoms with van der Waals surface area (Å²) in [5.41, 5.74) is -1.40. The molecule has 1 aromatic heterocycles. The van der Waals surface area contributed by atoms with Crippen molar-refractivity contribution in [1.29, 1.82) is 0 Å². The molecular weight excluding hydrogens is 853 g/mol. The number of pyridine rings is 1. The molecule has 7 rings (SSSR count). The molecule has 1 unspecified atom stereocenters. The summed E-state index contributed by atoms with van der Waals surface area (Å²) < 4.78 is 57.3. The largest absolute Gasteiger partial charge is 0.417 e. The molecule has 4 heterocycles. The van der Waals surface area contributed by atoms with Crippen LogP contribution in [0.25, 0.3) is 11.1 Å². The molecule has 3 atom stereocenters. The fourth-order valence-corrected chi connectivity index (χ4v) is 8.44. The second-order valence-corrected chi connectivity index (χ2v) is 16.5. The summed E-state index contributed by atoms with van der Waals surface area (Å²) in [5, 5.41) is 10.8. The summed E-state index contributed by atoms with van der Waals surface area (Å²) in [5.74, 6) is -4.59. The van der Waals surface area contributed by atoms with E-state index in [1.165, 1.54) is 24.3 Å². The summed E-state index contributed by atoms with van der Waals surface area (Å²) in [7, 11) is 1.98. The van der Waals surface area contributed by atoms with Crippen molar-refractivity contribution in [3.63, 3.8) is 0 Å². The molecule has 3 aromatic carbocycles. The number of nitrogens with one attached hydrogen (secondary N) is 5. The van der Waals surface area contributed by atoms with Gasteiger partial charge in [-0.05, 0) is 88.2 Å². The van der Waals surface area contributed by atoms with Crippen molar-refractivity contribution in [3.8, 4) is 11.1 Å². The zero-order chi connectivity index (χ0) is 46.7. The van der Waals surface area contributed by atoms with Gasteiger partial charge >= 0.3 is 6.18 Å².